The zero-order valence-electron chi connectivity index (χ0n) is 14.9. The van der Waals surface area contributed by atoms with E-state index in [1.54, 1.807) is 6.07 Å². The van der Waals surface area contributed by atoms with Crippen LogP contribution in [0.4, 0.5) is 10.1 Å². The summed E-state index contributed by atoms with van der Waals surface area (Å²) < 4.78 is 18.1. The minimum atomic E-state index is -0.467. The number of guanidine groups is 1. The van der Waals surface area contributed by atoms with Crippen LogP contribution in [0.15, 0.2) is 51.2 Å². The van der Waals surface area contributed by atoms with Crippen molar-refractivity contribution in [2.45, 2.75) is 25.3 Å². The van der Waals surface area contributed by atoms with Crippen LogP contribution in [-0.4, -0.2) is 33.9 Å². The molecule has 146 valence electrons. The molecule has 1 saturated carbocycles. The van der Waals surface area contributed by atoms with Gasteiger partial charge in [-0.3, -0.25) is 4.79 Å². The van der Waals surface area contributed by atoms with Gasteiger partial charge in [0.25, 0.3) is 0 Å². The fourth-order valence-corrected chi connectivity index (χ4v) is 2.32. The van der Waals surface area contributed by atoms with E-state index < -0.39 is 11.7 Å². The lowest BCUT2D eigenvalue weighted by atomic mass is 9.93. The molecule has 0 atom stereocenters. The van der Waals surface area contributed by atoms with Crippen LogP contribution in [0.5, 0.6) is 0 Å². The van der Waals surface area contributed by atoms with Gasteiger partial charge in [0.15, 0.2) is 5.84 Å². The van der Waals surface area contributed by atoms with Gasteiger partial charge in [0.1, 0.15) is 11.6 Å². The number of rotatable bonds is 6. The number of nitrogens with zero attached hydrogens (tertiary/aromatic N) is 4. The minimum Gasteiger partial charge on any atom is -0.380 e. The zero-order valence-corrected chi connectivity index (χ0v) is 14.9. The van der Waals surface area contributed by atoms with E-state index >= 15 is 0 Å². The number of hydrogen-bond donors (Lipinski definition) is 4. The molecule has 1 aliphatic carbocycles. The number of nitrogens with two attached hydrogens (primary N) is 2. The van der Waals surface area contributed by atoms with Gasteiger partial charge in [0, 0.05) is 11.7 Å². The second kappa shape index (κ2) is 8.29. The molecule has 1 amide bonds. The number of amides is 1. The summed E-state index contributed by atoms with van der Waals surface area (Å²) >= 11 is 0. The molecule has 0 aliphatic heterocycles. The molecule has 0 radical (unpaired) electrons. The maximum atomic E-state index is 13.2. The summed E-state index contributed by atoms with van der Waals surface area (Å²) in [6.07, 6.45) is 2.94. The number of aliphatic imine (C=N–C) groups is 2. The number of hydrogen-bond acceptors (Lipinski definition) is 6. The van der Waals surface area contributed by atoms with Crippen LogP contribution in [0.25, 0.3) is 0 Å². The number of carbonyl (C=O) groups excluding carboxylic acids is 1. The maximum Gasteiger partial charge on any atom is 0.316 e. The number of anilines is 1. The predicted molar refractivity (Wildman–Crippen MR) is 101 cm³/mol. The Hall–Kier alpha value is -3.76. The third-order valence-corrected chi connectivity index (χ3v) is 3.89. The number of amidine groups is 1. The largest absolute Gasteiger partial charge is 0.380 e. The summed E-state index contributed by atoms with van der Waals surface area (Å²) in [5.41, 5.74) is 11.9. The van der Waals surface area contributed by atoms with Crippen molar-refractivity contribution >= 4 is 23.4 Å². The van der Waals surface area contributed by atoms with E-state index in [4.69, 9.17) is 16.0 Å². The molecule has 0 spiro atoms. The Balaban J connectivity index is 1.62. The summed E-state index contributed by atoms with van der Waals surface area (Å²) in [6.45, 7) is 3.65. The van der Waals surface area contributed by atoms with E-state index in [0.717, 1.165) is 19.3 Å². The van der Waals surface area contributed by atoms with Crippen molar-refractivity contribution in [1.82, 2.24) is 15.5 Å². The normalized spacial score (nSPS) is 15.0. The van der Waals surface area contributed by atoms with E-state index in [0.29, 0.717) is 5.69 Å². The average Bonchev–Trinajstić information content (AvgIpc) is 3.08. The molecule has 3 rings (SSSR count). The van der Waals surface area contributed by atoms with Crippen molar-refractivity contribution in [2.24, 2.45) is 21.5 Å². The Morgan fingerprint density at radius 2 is 2.11 bits per heavy atom. The molecule has 0 saturated heterocycles. The average molecular weight is 386 g/mol. The van der Waals surface area contributed by atoms with Gasteiger partial charge < -0.3 is 26.6 Å². The zero-order chi connectivity index (χ0) is 20.1. The van der Waals surface area contributed by atoms with E-state index in [-0.39, 0.29) is 35.4 Å². The van der Waals surface area contributed by atoms with E-state index in [9.17, 15) is 9.18 Å². The first-order valence-corrected chi connectivity index (χ1v) is 8.45. The number of aromatic nitrogens is 2. The molecule has 0 bridgehead atoms. The van der Waals surface area contributed by atoms with Gasteiger partial charge in [-0.2, -0.15) is 15.0 Å². The van der Waals surface area contributed by atoms with Crippen LogP contribution in [0.2, 0.25) is 0 Å². The third-order valence-electron chi connectivity index (χ3n) is 3.89. The smallest absolute Gasteiger partial charge is 0.316 e. The Labute approximate surface area is 159 Å². The molecule has 1 aliphatic rings. The topological polar surface area (TPSA) is 157 Å². The van der Waals surface area contributed by atoms with Gasteiger partial charge in [-0.1, -0.05) is 17.8 Å². The molecule has 1 fully saturated rings. The van der Waals surface area contributed by atoms with Crippen molar-refractivity contribution in [2.75, 3.05) is 5.32 Å². The van der Waals surface area contributed by atoms with Crippen molar-refractivity contribution in [3.05, 3.63) is 54.2 Å². The highest BCUT2D eigenvalue weighted by atomic mass is 19.1. The lowest BCUT2D eigenvalue weighted by molar-refractivity contribution is 0.0872. The third kappa shape index (κ3) is 4.90. The monoisotopic (exact) mass is 386 g/mol. The van der Waals surface area contributed by atoms with Crippen LogP contribution in [0.1, 0.15) is 35.8 Å². The highest BCUT2D eigenvalue weighted by Gasteiger charge is 2.24. The van der Waals surface area contributed by atoms with E-state index in [1.807, 2.05) is 0 Å². The highest BCUT2D eigenvalue weighted by Crippen LogP contribution is 2.18. The van der Waals surface area contributed by atoms with E-state index in [2.05, 4.69) is 37.3 Å². The van der Waals surface area contributed by atoms with Gasteiger partial charge in [-0.15, -0.1) is 0 Å². The van der Waals surface area contributed by atoms with Gasteiger partial charge in [0.2, 0.25) is 11.8 Å². The predicted octanol–water partition coefficient (Wildman–Crippen LogP) is 1.09. The van der Waals surface area contributed by atoms with Crippen LogP contribution < -0.4 is 22.1 Å². The second-order valence-corrected chi connectivity index (χ2v) is 6.07. The molecule has 11 heteroatoms. The first kappa shape index (κ1) is 19.0. The van der Waals surface area contributed by atoms with Crippen LogP contribution in [-0.2, 0) is 0 Å². The second-order valence-electron chi connectivity index (χ2n) is 6.07. The standard InChI is InChI=1S/C17H19FN8O2/c1-9(21-12-7-2-4-10(18)8-12)22-17(20)24-13(19)14-25-16(28-26-14)15(27)23-11-5-3-6-11/h2,4,7-8,11,21H,1,3,5-6H2,(H,23,27)(H4,19,20,22,24). The summed E-state index contributed by atoms with van der Waals surface area (Å²) in [5.74, 6) is -1.50. The summed E-state index contributed by atoms with van der Waals surface area (Å²) in [5, 5.41) is 9.13. The number of halogens is 1. The maximum absolute atomic E-state index is 13.2. The SMILES string of the molecule is C=C(/N=C(N)\N=C(/N)c1noc(C(=O)NC2CCC2)n1)Nc1cccc(F)c1. The Morgan fingerprint density at radius 3 is 2.79 bits per heavy atom. The molecule has 1 heterocycles. The number of nitrogens with one attached hydrogen (secondary N) is 2. The van der Waals surface area contributed by atoms with Crippen molar-refractivity contribution in [3.63, 3.8) is 0 Å². The Bertz CT molecular complexity index is 948. The molecule has 0 unspecified atom stereocenters. The first-order valence-electron chi connectivity index (χ1n) is 8.45. The van der Waals surface area contributed by atoms with E-state index in [1.165, 1.54) is 18.2 Å². The van der Waals surface area contributed by atoms with Crippen molar-refractivity contribution < 1.29 is 13.7 Å². The van der Waals surface area contributed by atoms with Crippen molar-refractivity contribution in [3.8, 4) is 0 Å². The Kier molecular flexibility index (Phi) is 5.63. The van der Waals surface area contributed by atoms with Crippen molar-refractivity contribution in [1.29, 1.82) is 0 Å². The molecule has 1 aromatic carbocycles. The first-order chi connectivity index (χ1) is 13.4. The molecular formula is C17H19FN8O2. The Morgan fingerprint density at radius 1 is 1.32 bits per heavy atom. The number of carbonyl (C=O) groups is 1. The molecule has 6 N–H and O–H groups in total. The summed E-state index contributed by atoms with van der Waals surface area (Å²) in [7, 11) is 0. The van der Waals surface area contributed by atoms with Gasteiger partial charge in [-0.25, -0.2) is 4.39 Å². The van der Waals surface area contributed by atoms with Gasteiger partial charge >= 0.3 is 11.8 Å². The van der Waals surface area contributed by atoms with Gasteiger partial charge in [0.05, 0.1) is 0 Å². The molecule has 2 aromatic rings. The fourth-order valence-electron chi connectivity index (χ4n) is 2.32. The fraction of sp³-hybridized carbons (Fsp3) is 0.235. The molecule has 1 aromatic heterocycles. The van der Waals surface area contributed by atoms with Crippen LogP contribution >= 0.6 is 0 Å². The number of benzene rings is 1. The summed E-state index contributed by atoms with van der Waals surface area (Å²) in [6, 6.07) is 5.87. The molecule has 10 nitrogen and oxygen atoms in total. The highest BCUT2D eigenvalue weighted by molar-refractivity contribution is 6.02. The molecule has 28 heavy (non-hydrogen) atoms. The molecular weight excluding hydrogens is 367 g/mol. The van der Waals surface area contributed by atoms with Gasteiger partial charge in [-0.05, 0) is 37.5 Å². The lowest BCUT2D eigenvalue weighted by Gasteiger charge is -2.25. The summed E-state index contributed by atoms with van der Waals surface area (Å²) in [4.78, 5) is 23.6. The lowest BCUT2D eigenvalue weighted by Crippen LogP contribution is -2.39. The van der Waals surface area contributed by atoms with Crippen LogP contribution in [0.3, 0.4) is 0 Å². The minimum absolute atomic E-state index is 0.0967. The quantitative estimate of drug-likeness (QED) is 0.427. The van der Waals surface area contributed by atoms with Crippen LogP contribution in [0, 0.1) is 5.82 Å².